The summed E-state index contributed by atoms with van der Waals surface area (Å²) in [5, 5.41) is 2.65. The van der Waals surface area contributed by atoms with Crippen LogP contribution in [0.3, 0.4) is 0 Å². The van der Waals surface area contributed by atoms with Gasteiger partial charge in [0.25, 0.3) is 5.91 Å². The van der Waals surface area contributed by atoms with Crippen molar-refractivity contribution >= 4 is 45.1 Å². The minimum absolute atomic E-state index is 0.0124. The number of aromatic nitrogens is 2. The minimum Gasteiger partial charge on any atom is -0.481 e. The standard InChI is InChI=1S/C28H28BrF4N5O4/c1-27(2,3)42-26(40)34-11-5-6-16-12-18(30)7-8-20(16)37-15-38(21-9-10-22(41-4)36-23(21)29)25(39)19-13-17(28(31,32)33)14-35-24(19)37/h7-10,12-14H,5-6,11,15H2,1-4H3,(H,34,40). The number of nitrogens with zero attached hydrogens (tertiary/aromatic N) is 4. The highest BCUT2D eigenvalue weighted by Crippen LogP contribution is 2.40. The number of ether oxygens (including phenoxy) is 2. The van der Waals surface area contributed by atoms with Gasteiger partial charge in [0.2, 0.25) is 5.88 Å². The molecule has 0 aliphatic carbocycles. The number of methoxy groups -OCH3 is 1. The van der Waals surface area contributed by atoms with Crippen LogP contribution in [0, 0.1) is 5.82 Å². The molecule has 1 aromatic carbocycles. The van der Waals surface area contributed by atoms with Crippen molar-refractivity contribution in [2.45, 2.75) is 45.4 Å². The fourth-order valence-corrected chi connectivity index (χ4v) is 4.83. The van der Waals surface area contributed by atoms with Crippen LogP contribution in [-0.2, 0) is 17.3 Å². The monoisotopic (exact) mass is 653 g/mol. The van der Waals surface area contributed by atoms with Gasteiger partial charge in [0.15, 0.2) is 0 Å². The molecule has 2 aromatic heterocycles. The van der Waals surface area contributed by atoms with Crippen LogP contribution < -0.4 is 19.9 Å². The van der Waals surface area contributed by atoms with Gasteiger partial charge in [-0.05, 0) is 85.4 Å². The van der Waals surface area contributed by atoms with Gasteiger partial charge in [0.05, 0.1) is 23.9 Å². The van der Waals surface area contributed by atoms with Gasteiger partial charge >= 0.3 is 12.3 Å². The predicted octanol–water partition coefficient (Wildman–Crippen LogP) is 6.62. The molecule has 1 aliphatic rings. The molecule has 0 saturated heterocycles. The number of anilines is 3. The Morgan fingerprint density at radius 2 is 1.81 bits per heavy atom. The SMILES string of the molecule is COc1ccc(N2CN(c3ccc(F)cc3CCCNC(=O)OC(C)(C)C)c3ncc(C(F)(F)F)cc3C2=O)c(Br)n1. The van der Waals surface area contributed by atoms with Crippen LogP contribution in [-0.4, -0.2) is 47.9 Å². The number of hydrogen-bond donors (Lipinski definition) is 1. The minimum atomic E-state index is -4.74. The van der Waals surface area contributed by atoms with E-state index in [0.717, 1.165) is 6.07 Å². The molecule has 2 amide bonds. The van der Waals surface area contributed by atoms with Crippen molar-refractivity contribution in [3.8, 4) is 5.88 Å². The molecule has 0 fully saturated rings. The molecular weight excluding hydrogens is 626 g/mol. The zero-order valence-corrected chi connectivity index (χ0v) is 24.8. The summed E-state index contributed by atoms with van der Waals surface area (Å²) in [5.74, 6) is -1.00. The van der Waals surface area contributed by atoms with Gasteiger partial charge < -0.3 is 19.7 Å². The maximum Gasteiger partial charge on any atom is 0.417 e. The topological polar surface area (TPSA) is 96.9 Å². The van der Waals surface area contributed by atoms with E-state index in [2.05, 4.69) is 31.2 Å². The lowest BCUT2D eigenvalue weighted by molar-refractivity contribution is -0.137. The number of pyridine rings is 2. The number of aryl methyl sites for hydroxylation is 1. The molecule has 1 N–H and O–H groups in total. The van der Waals surface area contributed by atoms with Crippen LogP contribution >= 0.6 is 15.9 Å². The van der Waals surface area contributed by atoms with Gasteiger partial charge in [-0.2, -0.15) is 13.2 Å². The number of amides is 2. The van der Waals surface area contributed by atoms with Crippen LogP contribution in [0.25, 0.3) is 0 Å². The van der Waals surface area contributed by atoms with E-state index in [1.165, 1.54) is 36.3 Å². The summed E-state index contributed by atoms with van der Waals surface area (Å²) < 4.78 is 65.8. The van der Waals surface area contributed by atoms with Crippen LogP contribution in [0.2, 0.25) is 0 Å². The molecule has 1 aliphatic heterocycles. The summed E-state index contributed by atoms with van der Waals surface area (Å²) in [5.41, 5.74) is -0.847. The molecule has 3 aromatic rings. The molecule has 0 radical (unpaired) electrons. The highest BCUT2D eigenvalue weighted by atomic mass is 79.9. The maximum absolute atomic E-state index is 14.4. The van der Waals surface area contributed by atoms with Crippen LogP contribution in [0.5, 0.6) is 5.88 Å². The van der Waals surface area contributed by atoms with E-state index in [1.807, 2.05) is 0 Å². The summed E-state index contributed by atoms with van der Waals surface area (Å²) >= 11 is 3.32. The highest BCUT2D eigenvalue weighted by Gasteiger charge is 2.38. The molecule has 224 valence electrons. The number of alkyl halides is 3. The zero-order valence-electron chi connectivity index (χ0n) is 23.2. The van der Waals surface area contributed by atoms with Crippen molar-refractivity contribution in [2.24, 2.45) is 0 Å². The predicted molar refractivity (Wildman–Crippen MR) is 151 cm³/mol. The van der Waals surface area contributed by atoms with Crippen molar-refractivity contribution in [1.29, 1.82) is 0 Å². The van der Waals surface area contributed by atoms with E-state index < -0.39 is 35.2 Å². The molecule has 42 heavy (non-hydrogen) atoms. The number of rotatable bonds is 7. The number of halogens is 5. The summed E-state index contributed by atoms with van der Waals surface area (Å²) in [6.07, 6.45) is -3.98. The Balaban J connectivity index is 1.71. The quantitative estimate of drug-likeness (QED) is 0.174. The Labute approximate surface area is 248 Å². The van der Waals surface area contributed by atoms with Gasteiger partial charge in [-0.1, -0.05) is 0 Å². The summed E-state index contributed by atoms with van der Waals surface area (Å²) in [6.45, 7) is 5.28. The molecule has 4 rings (SSSR count). The van der Waals surface area contributed by atoms with Crippen LogP contribution in [0.15, 0.2) is 47.2 Å². The lowest BCUT2D eigenvalue weighted by Crippen LogP contribution is -2.46. The second-order valence-electron chi connectivity index (χ2n) is 10.4. The van der Waals surface area contributed by atoms with Gasteiger partial charge in [-0.25, -0.2) is 19.2 Å². The Morgan fingerprint density at radius 1 is 1.10 bits per heavy atom. The Morgan fingerprint density at radius 3 is 2.45 bits per heavy atom. The molecule has 14 heteroatoms. The van der Waals surface area contributed by atoms with Gasteiger partial charge in [0.1, 0.15) is 28.5 Å². The Bertz CT molecular complexity index is 1500. The molecule has 0 saturated carbocycles. The van der Waals surface area contributed by atoms with E-state index in [9.17, 15) is 27.2 Å². The Hall–Kier alpha value is -3.94. The molecule has 0 bridgehead atoms. The number of carbonyl (C=O) groups is 2. The number of carbonyl (C=O) groups excluding carboxylic acids is 2. The first-order valence-electron chi connectivity index (χ1n) is 12.8. The largest absolute Gasteiger partial charge is 0.481 e. The third-order valence-electron chi connectivity index (χ3n) is 6.13. The first-order chi connectivity index (χ1) is 19.7. The van der Waals surface area contributed by atoms with Crippen molar-refractivity contribution in [1.82, 2.24) is 15.3 Å². The van der Waals surface area contributed by atoms with Gasteiger partial charge in [-0.3, -0.25) is 9.69 Å². The summed E-state index contributed by atoms with van der Waals surface area (Å²) in [6, 6.07) is 7.81. The van der Waals surface area contributed by atoms with E-state index in [-0.39, 0.29) is 47.2 Å². The van der Waals surface area contributed by atoms with E-state index in [4.69, 9.17) is 9.47 Å². The molecule has 0 spiro atoms. The molecule has 9 nitrogen and oxygen atoms in total. The first kappa shape index (κ1) is 31.0. The summed E-state index contributed by atoms with van der Waals surface area (Å²) in [4.78, 5) is 36.6. The fraction of sp³-hybridized carbons (Fsp3) is 0.357. The molecule has 0 atom stereocenters. The van der Waals surface area contributed by atoms with E-state index in [1.54, 1.807) is 31.7 Å². The van der Waals surface area contributed by atoms with E-state index in [0.29, 0.717) is 23.9 Å². The highest BCUT2D eigenvalue weighted by molar-refractivity contribution is 9.10. The number of fused-ring (bicyclic) bond motifs is 1. The zero-order chi connectivity index (χ0) is 30.8. The Kier molecular flexibility index (Phi) is 8.95. The second-order valence-corrected chi connectivity index (χ2v) is 11.1. The molecular formula is C28H28BrF4N5O4. The second kappa shape index (κ2) is 12.1. The van der Waals surface area contributed by atoms with Gasteiger partial charge in [-0.15, -0.1) is 0 Å². The lowest BCUT2D eigenvalue weighted by atomic mass is 10.0. The first-order valence-corrected chi connectivity index (χ1v) is 13.6. The normalized spacial score (nSPS) is 13.6. The molecule has 0 unspecified atom stereocenters. The molecule has 3 heterocycles. The van der Waals surface area contributed by atoms with E-state index >= 15 is 0 Å². The average Bonchev–Trinajstić information content (AvgIpc) is 2.90. The smallest absolute Gasteiger partial charge is 0.417 e. The fourth-order valence-electron chi connectivity index (χ4n) is 4.31. The number of benzene rings is 1. The lowest BCUT2D eigenvalue weighted by Gasteiger charge is -2.38. The third-order valence-corrected chi connectivity index (χ3v) is 6.72. The number of alkyl carbamates (subject to hydrolysis) is 1. The number of nitrogens with one attached hydrogen (secondary N) is 1. The van der Waals surface area contributed by atoms with Gasteiger partial charge in [0, 0.05) is 24.5 Å². The number of hydrogen-bond acceptors (Lipinski definition) is 7. The average molecular weight is 654 g/mol. The van der Waals surface area contributed by atoms with Crippen LogP contribution in [0.1, 0.15) is 48.7 Å². The maximum atomic E-state index is 14.4. The van der Waals surface area contributed by atoms with Crippen molar-refractivity contribution in [3.63, 3.8) is 0 Å². The van der Waals surface area contributed by atoms with Crippen molar-refractivity contribution in [2.75, 3.05) is 30.1 Å². The van der Waals surface area contributed by atoms with Crippen molar-refractivity contribution in [3.05, 3.63) is 69.7 Å². The third kappa shape index (κ3) is 7.09. The van der Waals surface area contributed by atoms with Crippen LogP contribution in [0.4, 0.5) is 39.5 Å². The summed E-state index contributed by atoms with van der Waals surface area (Å²) in [7, 11) is 1.42. The van der Waals surface area contributed by atoms with Crippen molar-refractivity contribution < 1.29 is 36.6 Å².